The number of hydrogen-bond acceptors (Lipinski definition) is 5. The van der Waals surface area contributed by atoms with Crippen molar-refractivity contribution in [3.63, 3.8) is 0 Å². The number of aromatic nitrogens is 3. The van der Waals surface area contributed by atoms with E-state index in [1.807, 2.05) is 13.8 Å². The molecular weight excluding hydrogens is 656 g/mol. The Balaban J connectivity index is 0.00000385. The van der Waals surface area contributed by atoms with Crippen molar-refractivity contribution >= 4 is 61.0 Å². The van der Waals surface area contributed by atoms with E-state index in [-0.39, 0.29) is 55.6 Å². The summed E-state index contributed by atoms with van der Waals surface area (Å²) in [6, 6.07) is 8.26. The number of amides is 2. The van der Waals surface area contributed by atoms with Crippen molar-refractivity contribution in [3.8, 4) is 5.82 Å². The molecule has 3 rings (SSSR count). The van der Waals surface area contributed by atoms with Crippen molar-refractivity contribution in [1.29, 1.82) is 0 Å². The maximum absolute atomic E-state index is 13.3. The Morgan fingerprint density at radius 1 is 1.21 bits per heavy atom. The predicted molar refractivity (Wildman–Crippen MR) is 128 cm³/mol. The van der Waals surface area contributed by atoms with Crippen LogP contribution in [0.3, 0.4) is 0 Å². The van der Waals surface area contributed by atoms with E-state index in [2.05, 4.69) is 63.1 Å². The molecular formula is C20H18Br2ClN6O3Y-. The first-order chi connectivity index (χ1) is 15.2. The van der Waals surface area contributed by atoms with Crippen molar-refractivity contribution in [2.45, 2.75) is 19.8 Å². The molecule has 1 radical (unpaired) electrons. The van der Waals surface area contributed by atoms with E-state index in [9.17, 15) is 9.59 Å². The third kappa shape index (κ3) is 6.69. The fourth-order valence-electron chi connectivity index (χ4n) is 2.74. The molecule has 2 amide bonds. The fraction of sp³-hybridized carbons (Fsp3) is 0.200. The zero-order chi connectivity index (χ0) is 23.4. The van der Waals surface area contributed by atoms with E-state index in [4.69, 9.17) is 11.6 Å². The first kappa shape index (κ1) is 28.0. The summed E-state index contributed by atoms with van der Waals surface area (Å²) in [5.74, 6) is -0.709. The van der Waals surface area contributed by atoms with Gasteiger partial charge in [0.25, 0.3) is 5.91 Å². The van der Waals surface area contributed by atoms with Gasteiger partial charge in [0, 0.05) is 55.0 Å². The van der Waals surface area contributed by atoms with Gasteiger partial charge in [-0.05, 0) is 52.2 Å². The second kappa shape index (κ2) is 12.5. The molecule has 3 aromatic rings. The van der Waals surface area contributed by atoms with E-state index < -0.39 is 11.8 Å². The zero-order valence-corrected chi connectivity index (χ0v) is 24.5. The maximum Gasteiger partial charge on any atom is 0.274 e. The number of halogens is 3. The Kier molecular flexibility index (Phi) is 10.6. The number of nitrogens with zero attached hydrogens (tertiary/aromatic N) is 4. The van der Waals surface area contributed by atoms with Gasteiger partial charge in [0.2, 0.25) is 5.91 Å². The van der Waals surface area contributed by atoms with Crippen molar-refractivity contribution in [1.82, 2.24) is 20.2 Å². The van der Waals surface area contributed by atoms with Gasteiger partial charge in [-0.15, -0.1) is 0 Å². The summed E-state index contributed by atoms with van der Waals surface area (Å²) >= 11 is 13.0. The maximum atomic E-state index is 13.3. The quantitative estimate of drug-likeness (QED) is 0.326. The second-order valence-corrected chi connectivity index (χ2v) is 8.99. The molecule has 0 bridgehead atoms. The molecule has 2 aromatic heterocycles. The van der Waals surface area contributed by atoms with Crippen LogP contribution in [0.25, 0.3) is 11.4 Å². The van der Waals surface area contributed by atoms with E-state index in [0.717, 1.165) is 0 Å². The number of pyridine rings is 1. The molecule has 0 saturated carbocycles. The molecule has 1 aromatic carbocycles. The zero-order valence-electron chi connectivity index (χ0n) is 17.8. The molecule has 0 atom stereocenters. The van der Waals surface area contributed by atoms with Crippen molar-refractivity contribution in [3.05, 3.63) is 73.0 Å². The summed E-state index contributed by atoms with van der Waals surface area (Å²) in [7, 11) is 1.30. The minimum atomic E-state index is -0.576. The van der Waals surface area contributed by atoms with E-state index in [0.29, 0.717) is 25.5 Å². The smallest absolute Gasteiger partial charge is 0.274 e. The number of carbonyl (C=O) groups excluding carboxylic acids is 2. The Morgan fingerprint density at radius 2 is 1.94 bits per heavy atom. The standard InChI is InChI=1S/C20H19Br2ClN6O3.Y/c1-10(2)15-9-16(29(27-15)18-14(23)5-4-6-24-18)20(31)25-17-12(19(30)26-28-32-3)7-11(21)8-13(17)22;/h4-10H,1-3H3,(H3,25,26,27,28,30,31);/p-1. The Bertz CT molecular complexity index is 1170. The molecule has 0 aliphatic carbocycles. The normalized spacial score (nSPS) is 10.6. The van der Waals surface area contributed by atoms with Crippen LogP contribution < -0.4 is 10.7 Å². The van der Waals surface area contributed by atoms with Crippen LogP contribution in [0.5, 0.6) is 0 Å². The summed E-state index contributed by atoms with van der Waals surface area (Å²) in [5, 5.41) is 7.64. The third-order valence-electron chi connectivity index (χ3n) is 4.27. The van der Waals surface area contributed by atoms with Crippen LogP contribution in [-0.2, 0) is 37.5 Å². The molecule has 0 aliphatic rings. The molecule has 9 nitrogen and oxygen atoms in total. The number of rotatable bonds is 7. The summed E-state index contributed by atoms with van der Waals surface area (Å²) in [6.45, 7) is 3.92. The Labute approximate surface area is 237 Å². The monoisotopic (exact) mass is 672 g/mol. The molecule has 171 valence electrons. The second-order valence-electron chi connectivity index (χ2n) is 6.81. The Hall–Kier alpha value is -1.21. The summed E-state index contributed by atoms with van der Waals surface area (Å²) in [4.78, 5) is 34.7. The molecule has 2 N–H and O–H groups in total. The molecule has 33 heavy (non-hydrogen) atoms. The van der Waals surface area contributed by atoms with Crippen molar-refractivity contribution in [2.24, 2.45) is 0 Å². The largest absolute Gasteiger partial charge is 0.470 e. The fourth-order valence-corrected chi connectivity index (χ4v) is 4.27. The summed E-state index contributed by atoms with van der Waals surface area (Å²) in [5.41, 5.74) is 6.93. The van der Waals surface area contributed by atoms with Crippen molar-refractivity contribution < 1.29 is 47.1 Å². The Morgan fingerprint density at radius 3 is 2.58 bits per heavy atom. The topological polar surface area (TPSA) is 112 Å². The van der Waals surface area contributed by atoms with Crippen LogP contribution in [0.4, 0.5) is 5.69 Å². The van der Waals surface area contributed by atoms with Gasteiger partial charge in [0.1, 0.15) is 5.69 Å². The van der Waals surface area contributed by atoms with E-state index >= 15 is 0 Å². The van der Waals surface area contributed by atoms with Gasteiger partial charge < -0.3 is 21.2 Å². The molecule has 0 fully saturated rings. The van der Waals surface area contributed by atoms with Crippen LogP contribution in [0.1, 0.15) is 46.3 Å². The van der Waals surface area contributed by atoms with Gasteiger partial charge in [0.05, 0.1) is 22.0 Å². The average molecular weight is 675 g/mol. The van der Waals surface area contributed by atoms with Gasteiger partial charge >= 0.3 is 0 Å². The molecule has 0 spiro atoms. The number of benzene rings is 1. The first-order valence-corrected chi connectivity index (χ1v) is 11.2. The number of nitrogens with one attached hydrogen (secondary N) is 2. The van der Waals surface area contributed by atoms with Gasteiger partial charge in [0.15, 0.2) is 5.82 Å². The third-order valence-corrected chi connectivity index (χ3v) is 5.65. The van der Waals surface area contributed by atoms with Crippen molar-refractivity contribution in [2.75, 3.05) is 12.4 Å². The van der Waals surface area contributed by atoms with Gasteiger partial charge in [-0.2, -0.15) is 5.10 Å². The molecule has 0 aliphatic heterocycles. The number of hydrogen-bond donors (Lipinski definition) is 2. The van der Waals surface area contributed by atoms with Crippen LogP contribution in [0.2, 0.25) is 5.02 Å². The molecule has 0 unspecified atom stereocenters. The summed E-state index contributed by atoms with van der Waals surface area (Å²) < 4.78 is 2.49. The van der Waals surface area contributed by atoms with E-state index in [1.165, 1.54) is 11.8 Å². The predicted octanol–water partition coefficient (Wildman–Crippen LogP) is 5.40. The minimum absolute atomic E-state index is 0. The number of anilines is 1. The summed E-state index contributed by atoms with van der Waals surface area (Å²) in [6.07, 6.45) is 1.56. The average Bonchev–Trinajstić information content (AvgIpc) is 3.19. The van der Waals surface area contributed by atoms with E-state index in [1.54, 1.807) is 36.5 Å². The molecule has 13 heteroatoms. The first-order valence-electron chi connectivity index (χ1n) is 9.27. The van der Waals surface area contributed by atoms with Crippen LogP contribution in [0.15, 0.2) is 45.5 Å². The van der Waals surface area contributed by atoms with Gasteiger partial charge in [-0.25, -0.2) is 9.67 Å². The number of carbonyl (C=O) groups is 2. The SMILES string of the molecule is CO[N-]NC(=O)c1cc(Br)cc(Br)c1NC(=O)c1cc(C(C)C)nn1-c1ncccc1Cl.[Y]. The minimum Gasteiger partial charge on any atom is -0.470 e. The van der Waals surface area contributed by atoms with Gasteiger partial charge in [-0.1, -0.05) is 41.4 Å². The van der Waals surface area contributed by atoms with Crippen LogP contribution in [0, 0.1) is 0 Å². The van der Waals surface area contributed by atoms with Crippen LogP contribution in [-0.4, -0.2) is 33.7 Å². The van der Waals surface area contributed by atoms with Crippen LogP contribution >= 0.6 is 43.5 Å². The molecule has 2 heterocycles. The van der Waals surface area contributed by atoms with Gasteiger partial charge in [-0.3, -0.25) is 9.59 Å². The molecule has 0 saturated heterocycles.